The van der Waals surface area contributed by atoms with E-state index in [2.05, 4.69) is 79.5 Å². The Morgan fingerprint density at radius 3 is 1.85 bits per heavy atom. The zero-order valence-electron chi connectivity index (χ0n) is 12.7. The summed E-state index contributed by atoms with van der Waals surface area (Å²) >= 11 is 0. The lowest BCUT2D eigenvalue weighted by atomic mass is 10.0. The first-order valence-electron chi connectivity index (χ1n) is 7.01. The third-order valence-corrected chi connectivity index (χ3v) is 3.62. The number of aromatic nitrogens is 1. The molecule has 1 aromatic carbocycles. The molecule has 0 spiro atoms. The van der Waals surface area contributed by atoms with E-state index in [0.717, 1.165) is 0 Å². The fourth-order valence-corrected chi connectivity index (χ4v) is 2.28. The summed E-state index contributed by atoms with van der Waals surface area (Å²) in [6, 6.07) is 13.4. The summed E-state index contributed by atoms with van der Waals surface area (Å²) in [6.45, 7) is 4.38. The van der Waals surface area contributed by atoms with E-state index >= 15 is 0 Å². The van der Waals surface area contributed by atoms with Crippen LogP contribution in [0.5, 0.6) is 0 Å². The van der Waals surface area contributed by atoms with Gasteiger partial charge in [0.15, 0.2) is 0 Å². The molecular formula is C17H23N3. The number of benzene rings is 1. The van der Waals surface area contributed by atoms with Crippen LogP contribution in [0.25, 0.3) is 0 Å². The van der Waals surface area contributed by atoms with Crippen LogP contribution >= 0.6 is 0 Å². The van der Waals surface area contributed by atoms with E-state index in [9.17, 15) is 0 Å². The van der Waals surface area contributed by atoms with Gasteiger partial charge in [0.1, 0.15) is 0 Å². The highest BCUT2D eigenvalue weighted by atomic mass is 15.1. The Kier molecular flexibility index (Phi) is 4.74. The third-order valence-electron chi connectivity index (χ3n) is 3.62. The molecule has 0 fully saturated rings. The Balaban J connectivity index is 2.02. The molecule has 0 saturated heterocycles. The van der Waals surface area contributed by atoms with Crippen molar-refractivity contribution in [2.24, 2.45) is 0 Å². The molecule has 3 heteroatoms. The summed E-state index contributed by atoms with van der Waals surface area (Å²) in [5, 5.41) is 3.62. The smallest absolute Gasteiger partial charge is 0.0361 e. The van der Waals surface area contributed by atoms with E-state index in [-0.39, 0.29) is 0 Å². The van der Waals surface area contributed by atoms with Gasteiger partial charge in [0.05, 0.1) is 0 Å². The van der Waals surface area contributed by atoms with Gasteiger partial charge in [-0.2, -0.15) is 0 Å². The number of pyridine rings is 1. The number of nitrogens with zero attached hydrogens (tertiary/aromatic N) is 2. The standard InChI is InChI=1S/C17H23N3/c1-13(15-5-7-17(8-6-15)20(3)4)19-14(2)16-9-11-18-12-10-16/h5-14,19H,1-4H3/t13?,14-/m0/s1. The van der Waals surface area contributed by atoms with Gasteiger partial charge in [-0.25, -0.2) is 0 Å². The lowest BCUT2D eigenvalue weighted by Crippen LogP contribution is -2.22. The molecule has 20 heavy (non-hydrogen) atoms. The number of nitrogens with one attached hydrogen (secondary N) is 1. The predicted octanol–water partition coefficient (Wildman–Crippen LogP) is 3.56. The number of anilines is 1. The maximum atomic E-state index is 4.06. The molecule has 3 nitrogen and oxygen atoms in total. The second-order valence-corrected chi connectivity index (χ2v) is 5.38. The first-order valence-corrected chi connectivity index (χ1v) is 7.01. The minimum absolute atomic E-state index is 0.307. The van der Waals surface area contributed by atoms with E-state index in [1.807, 2.05) is 12.4 Å². The molecule has 2 aromatic rings. The quantitative estimate of drug-likeness (QED) is 0.899. The van der Waals surface area contributed by atoms with E-state index in [4.69, 9.17) is 0 Å². The van der Waals surface area contributed by atoms with Crippen molar-refractivity contribution in [1.82, 2.24) is 10.3 Å². The van der Waals surface area contributed by atoms with E-state index in [0.29, 0.717) is 12.1 Å². The summed E-state index contributed by atoms with van der Waals surface area (Å²) in [7, 11) is 4.12. The first-order chi connectivity index (χ1) is 9.58. The van der Waals surface area contributed by atoms with Crippen LogP contribution in [0.4, 0.5) is 5.69 Å². The molecule has 1 unspecified atom stereocenters. The van der Waals surface area contributed by atoms with Gasteiger partial charge < -0.3 is 10.2 Å². The second kappa shape index (κ2) is 6.53. The number of hydrogen-bond donors (Lipinski definition) is 1. The molecule has 0 aliphatic carbocycles. The summed E-state index contributed by atoms with van der Waals surface area (Å²) in [6.07, 6.45) is 3.67. The third kappa shape index (κ3) is 3.58. The van der Waals surface area contributed by atoms with Gasteiger partial charge in [0.25, 0.3) is 0 Å². The molecule has 2 rings (SSSR count). The van der Waals surface area contributed by atoms with Crippen molar-refractivity contribution in [3.05, 3.63) is 59.9 Å². The fraction of sp³-hybridized carbons (Fsp3) is 0.353. The Bertz CT molecular complexity index is 520. The Morgan fingerprint density at radius 2 is 1.35 bits per heavy atom. The van der Waals surface area contributed by atoms with Crippen LogP contribution < -0.4 is 10.2 Å². The normalized spacial score (nSPS) is 13.8. The molecular weight excluding hydrogens is 246 g/mol. The Labute approximate surface area is 121 Å². The average molecular weight is 269 g/mol. The molecule has 0 aliphatic heterocycles. The van der Waals surface area contributed by atoms with Crippen LogP contribution in [0.3, 0.4) is 0 Å². The topological polar surface area (TPSA) is 28.2 Å². The van der Waals surface area contributed by atoms with Crippen molar-refractivity contribution < 1.29 is 0 Å². The van der Waals surface area contributed by atoms with Gasteiger partial charge in [-0.15, -0.1) is 0 Å². The summed E-state index contributed by atoms with van der Waals surface area (Å²) in [5.74, 6) is 0. The fourth-order valence-electron chi connectivity index (χ4n) is 2.28. The molecule has 1 heterocycles. The highest BCUT2D eigenvalue weighted by molar-refractivity contribution is 5.46. The van der Waals surface area contributed by atoms with Crippen molar-refractivity contribution in [1.29, 1.82) is 0 Å². The van der Waals surface area contributed by atoms with E-state index < -0.39 is 0 Å². The van der Waals surface area contributed by atoms with Crippen molar-refractivity contribution in [3.8, 4) is 0 Å². The summed E-state index contributed by atoms with van der Waals surface area (Å²) in [5.41, 5.74) is 3.79. The molecule has 1 aromatic heterocycles. The lowest BCUT2D eigenvalue weighted by Gasteiger charge is -2.21. The van der Waals surface area contributed by atoms with E-state index in [1.165, 1.54) is 16.8 Å². The zero-order valence-corrected chi connectivity index (χ0v) is 12.7. The van der Waals surface area contributed by atoms with E-state index in [1.54, 1.807) is 0 Å². The predicted molar refractivity (Wildman–Crippen MR) is 85.0 cm³/mol. The van der Waals surface area contributed by atoms with Gasteiger partial charge in [-0.1, -0.05) is 12.1 Å². The van der Waals surface area contributed by atoms with Crippen molar-refractivity contribution in [2.75, 3.05) is 19.0 Å². The molecule has 106 valence electrons. The first kappa shape index (κ1) is 14.5. The van der Waals surface area contributed by atoms with Crippen LogP contribution in [-0.4, -0.2) is 19.1 Å². The minimum Gasteiger partial charge on any atom is -0.378 e. The molecule has 0 saturated carbocycles. The van der Waals surface area contributed by atoms with Gasteiger partial charge in [-0.05, 0) is 49.2 Å². The van der Waals surface area contributed by atoms with Crippen molar-refractivity contribution >= 4 is 5.69 Å². The molecule has 0 aliphatic rings. The summed E-state index contributed by atoms with van der Waals surface area (Å²) in [4.78, 5) is 6.17. The molecule has 1 N–H and O–H groups in total. The lowest BCUT2D eigenvalue weighted by molar-refractivity contribution is 0.494. The number of rotatable bonds is 5. The zero-order chi connectivity index (χ0) is 14.5. The summed E-state index contributed by atoms with van der Waals surface area (Å²) < 4.78 is 0. The molecule has 2 atom stereocenters. The second-order valence-electron chi connectivity index (χ2n) is 5.38. The SMILES string of the molecule is CC(N[C@@H](C)c1ccncc1)c1ccc(N(C)C)cc1. The highest BCUT2D eigenvalue weighted by Gasteiger charge is 2.11. The Hall–Kier alpha value is -1.87. The average Bonchev–Trinajstić information content (AvgIpc) is 2.48. The van der Waals surface area contributed by atoms with Crippen molar-refractivity contribution in [3.63, 3.8) is 0 Å². The monoisotopic (exact) mass is 269 g/mol. The highest BCUT2D eigenvalue weighted by Crippen LogP contribution is 2.21. The van der Waals surface area contributed by atoms with Crippen LogP contribution in [0.2, 0.25) is 0 Å². The molecule has 0 radical (unpaired) electrons. The van der Waals surface area contributed by atoms with Crippen LogP contribution in [-0.2, 0) is 0 Å². The van der Waals surface area contributed by atoms with Crippen molar-refractivity contribution in [2.45, 2.75) is 25.9 Å². The maximum Gasteiger partial charge on any atom is 0.0361 e. The Morgan fingerprint density at radius 1 is 0.850 bits per heavy atom. The maximum absolute atomic E-state index is 4.06. The van der Waals surface area contributed by atoms with Crippen LogP contribution in [0.1, 0.15) is 37.1 Å². The van der Waals surface area contributed by atoms with Gasteiger partial charge in [-0.3, -0.25) is 4.98 Å². The van der Waals surface area contributed by atoms with Gasteiger partial charge >= 0.3 is 0 Å². The van der Waals surface area contributed by atoms with Gasteiger partial charge in [0.2, 0.25) is 0 Å². The molecule has 0 bridgehead atoms. The number of hydrogen-bond acceptors (Lipinski definition) is 3. The van der Waals surface area contributed by atoms with Crippen LogP contribution in [0.15, 0.2) is 48.8 Å². The van der Waals surface area contributed by atoms with Crippen LogP contribution in [0, 0.1) is 0 Å². The van der Waals surface area contributed by atoms with Gasteiger partial charge in [0, 0.05) is 44.3 Å². The largest absolute Gasteiger partial charge is 0.378 e. The molecule has 0 amide bonds. The minimum atomic E-state index is 0.307.